The zero-order valence-corrected chi connectivity index (χ0v) is 21.6. The minimum atomic E-state index is -1.01. The first-order valence-electron chi connectivity index (χ1n) is 12.0. The molecule has 1 aliphatic rings. The second-order valence-corrected chi connectivity index (χ2v) is 10.7. The lowest BCUT2D eigenvalue weighted by molar-refractivity contribution is 0.0691. The Labute approximate surface area is 218 Å². The van der Waals surface area contributed by atoms with E-state index in [2.05, 4.69) is 32.8 Å². The Morgan fingerprint density at radius 1 is 1.22 bits per heavy atom. The number of piperidine rings is 1. The molecule has 1 N–H and O–H groups in total. The Balaban J connectivity index is 1.21. The number of carboxylic acid groups (broad SMARTS) is 1. The quantitative estimate of drug-likeness (QED) is 0.299. The molecule has 0 spiro atoms. The molecule has 7 nitrogen and oxygen atoms in total. The lowest BCUT2D eigenvalue weighted by Crippen LogP contribution is -2.35. The van der Waals surface area contributed by atoms with Gasteiger partial charge in [0.1, 0.15) is 29.3 Å². The van der Waals surface area contributed by atoms with E-state index in [0.29, 0.717) is 24.0 Å². The number of likely N-dealkylation sites (tertiary alicyclic amines) is 1. The fraction of sp³-hybridized carbons (Fsp3) is 0.333. The lowest BCUT2D eigenvalue weighted by Gasteiger charge is -2.31. The van der Waals surface area contributed by atoms with Crippen molar-refractivity contribution < 1.29 is 19.4 Å². The Bertz CT molecular complexity index is 1360. The highest BCUT2D eigenvalue weighted by atomic mass is 35.5. The third-order valence-electron chi connectivity index (χ3n) is 6.73. The number of carbonyl (C=O) groups is 1. The highest BCUT2D eigenvalue weighted by Gasteiger charge is 2.24. The molecule has 1 aliphatic heterocycles. The zero-order chi connectivity index (χ0) is 25.1. The van der Waals surface area contributed by atoms with E-state index in [1.165, 1.54) is 21.9 Å². The minimum absolute atomic E-state index is 0.143. The van der Waals surface area contributed by atoms with Crippen LogP contribution in [0.25, 0.3) is 11.0 Å². The maximum atomic E-state index is 11.5. The summed E-state index contributed by atoms with van der Waals surface area (Å²) < 4.78 is 14.1. The number of methoxy groups -OCH3 is 1. The summed E-state index contributed by atoms with van der Waals surface area (Å²) in [4.78, 5) is 19.8. The van der Waals surface area contributed by atoms with Crippen molar-refractivity contribution in [2.45, 2.75) is 25.3 Å². The van der Waals surface area contributed by atoms with Gasteiger partial charge in [0, 0.05) is 35.3 Å². The van der Waals surface area contributed by atoms with Crippen molar-refractivity contribution in [3.8, 4) is 11.5 Å². The number of nitrogens with zero attached hydrogens (tertiary/aromatic N) is 3. The summed E-state index contributed by atoms with van der Waals surface area (Å²) in [5, 5.41) is 10.7. The number of carboxylic acids is 1. The van der Waals surface area contributed by atoms with Crippen LogP contribution in [0.4, 0.5) is 0 Å². The van der Waals surface area contributed by atoms with Crippen LogP contribution in [0, 0.1) is 0 Å². The number of pyridine rings is 1. The van der Waals surface area contributed by atoms with Gasteiger partial charge in [0.15, 0.2) is 0 Å². The van der Waals surface area contributed by atoms with Gasteiger partial charge in [0.25, 0.3) is 0 Å². The van der Waals surface area contributed by atoms with Gasteiger partial charge in [-0.25, -0.2) is 9.78 Å². The molecule has 1 saturated heterocycles. The largest absolute Gasteiger partial charge is 0.497 e. The second kappa shape index (κ2) is 10.9. The molecule has 0 saturated carbocycles. The predicted octanol–water partition coefficient (Wildman–Crippen LogP) is 5.76. The molecule has 0 aliphatic carbocycles. The van der Waals surface area contributed by atoms with Crippen LogP contribution in [0.2, 0.25) is 4.34 Å². The Morgan fingerprint density at radius 2 is 2.06 bits per heavy atom. The van der Waals surface area contributed by atoms with Crippen molar-refractivity contribution in [2.24, 2.45) is 0 Å². The van der Waals surface area contributed by atoms with E-state index in [1.807, 2.05) is 18.3 Å². The van der Waals surface area contributed by atoms with Crippen LogP contribution in [0.5, 0.6) is 11.5 Å². The first-order valence-corrected chi connectivity index (χ1v) is 13.2. The Hall–Kier alpha value is -3.07. The average Bonchev–Trinajstić information content (AvgIpc) is 3.47. The minimum Gasteiger partial charge on any atom is -0.497 e. The maximum Gasteiger partial charge on any atom is 0.339 e. The summed E-state index contributed by atoms with van der Waals surface area (Å²) in [7, 11) is 1.55. The van der Waals surface area contributed by atoms with Crippen LogP contribution < -0.4 is 9.47 Å². The third-order valence-corrected chi connectivity index (χ3v) is 7.95. The van der Waals surface area contributed by atoms with E-state index in [4.69, 9.17) is 21.1 Å². The van der Waals surface area contributed by atoms with Gasteiger partial charge in [-0.15, -0.1) is 11.3 Å². The van der Waals surface area contributed by atoms with Crippen LogP contribution in [0.15, 0.2) is 54.9 Å². The Morgan fingerprint density at radius 3 is 2.78 bits per heavy atom. The van der Waals surface area contributed by atoms with Crippen molar-refractivity contribution >= 4 is 39.9 Å². The van der Waals surface area contributed by atoms with E-state index < -0.39 is 5.97 Å². The van der Waals surface area contributed by atoms with Crippen molar-refractivity contribution in [2.75, 3.05) is 33.4 Å². The van der Waals surface area contributed by atoms with Crippen molar-refractivity contribution in [3.63, 3.8) is 0 Å². The molecule has 36 heavy (non-hydrogen) atoms. The molecule has 0 radical (unpaired) electrons. The van der Waals surface area contributed by atoms with Crippen molar-refractivity contribution in [1.29, 1.82) is 0 Å². The van der Waals surface area contributed by atoms with Crippen LogP contribution >= 0.6 is 22.9 Å². The van der Waals surface area contributed by atoms with E-state index in [9.17, 15) is 9.90 Å². The van der Waals surface area contributed by atoms with E-state index >= 15 is 0 Å². The monoisotopic (exact) mass is 525 g/mol. The molecule has 188 valence electrons. The number of halogens is 1. The van der Waals surface area contributed by atoms with Gasteiger partial charge in [0.05, 0.1) is 18.0 Å². The van der Waals surface area contributed by atoms with Crippen LogP contribution in [0.1, 0.15) is 39.6 Å². The van der Waals surface area contributed by atoms with Crippen LogP contribution in [0.3, 0.4) is 0 Å². The molecule has 1 fully saturated rings. The molecule has 0 amide bonds. The first-order chi connectivity index (χ1) is 17.5. The number of aromatic nitrogens is 2. The Kier molecular flexibility index (Phi) is 7.46. The van der Waals surface area contributed by atoms with Gasteiger partial charge < -0.3 is 19.1 Å². The molecule has 3 aromatic heterocycles. The molecular formula is C27H28ClN3O4S. The number of thiophene rings is 1. The first kappa shape index (κ1) is 24.6. The van der Waals surface area contributed by atoms with Gasteiger partial charge in [-0.05, 0) is 73.8 Å². The molecule has 9 heteroatoms. The topological polar surface area (TPSA) is 76.8 Å². The number of fused-ring (bicyclic) bond motifs is 1. The van der Waals surface area contributed by atoms with Gasteiger partial charge in [-0.2, -0.15) is 0 Å². The van der Waals surface area contributed by atoms with Gasteiger partial charge in [0.2, 0.25) is 0 Å². The number of rotatable bonds is 9. The van der Waals surface area contributed by atoms with Gasteiger partial charge in [-0.1, -0.05) is 11.6 Å². The molecule has 0 atom stereocenters. The second-order valence-electron chi connectivity index (χ2n) is 8.92. The fourth-order valence-electron chi connectivity index (χ4n) is 4.88. The summed E-state index contributed by atoms with van der Waals surface area (Å²) >= 11 is 7.75. The third kappa shape index (κ3) is 5.36. The molecule has 0 bridgehead atoms. The number of ether oxygens (including phenoxy) is 2. The molecular weight excluding hydrogens is 498 g/mol. The molecule has 1 aromatic carbocycles. The SMILES string of the molecule is COc1ccc(C(=O)O)c(OCCN2CCC(c3cn(Cc4ccc(Cl)s4)c4ncccc34)CC2)c1. The highest BCUT2D eigenvalue weighted by Crippen LogP contribution is 2.35. The number of benzene rings is 1. The average molecular weight is 526 g/mol. The fourth-order valence-corrected chi connectivity index (χ4v) is 5.96. The number of hydrogen-bond acceptors (Lipinski definition) is 6. The van der Waals surface area contributed by atoms with Crippen LogP contribution in [-0.2, 0) is 6.54 Å². The van der Waals surface area contributed by atoms with Crippen molar-refractivity contribution in [3.05, 3.63) is 75.2 Å². The van der Waals surface area contributed by atoms with E-state index in [0.717, 1.165) is 49.0 Å². The molecule has 4 aromatic rings. The maximum absolute atomic E-state index is 11.5. The van der Waals surface area contributed by atoms with E-state index in [-0.39, 0.29) is 5.56 Å². The number of hydrogen-bond donors (Lipinski definition) is 1. The molecule has 5 rings (SSSR count). The normalized spacial score (nSPS) is 14.8. The molecule has 0 unspecified atom stereocenters. The standard InChI is InChI=1S/C27H28ClN3O4S/c1-34-19-4-6-22(27(32)33)24(15-19)35-14-13-30-11-8-18(9-12-30)23-17-31(16-20-5-7-25(28)36-20)26-21(23)3-2-10-29-26/h2-7,10,15,17-18H,8-9,11-14,16H2,1H3,(H,32,33). The highest BCUT2D eigenvalue weighted by molar-refractivity contribution is 7.16. The van der Waals surface area contributed by atoms with E-state index in [1.54, 1.807) is 30.6 Å². The smallest absolute Gasteiger partial charge is 0.339 e. The predicted molar refractivity (Wildman–Crippen MR) is 142 cm³/mol. The lowest BCUT2D eigenvalue weighted by atomic mass is 9.89. The van der Waals surface area contributed by atoms with Gasteiger partial charge in [-0.3, -0.25) is 4.90 Å². The van der Waals surface area contributed by atoms with Crippen molar-refractivity contribution in [1.82, 2.24) is 14.5 Å². The molecule has 4 heterocycles. The summed E-state index contributed by atoms with van der Waals surface area (Å²) in [6.07, 6.45) is 6.23. The summed E-state index contributed by atoms with van der Waals surface area (Å²) in [6.45, 7) is 3.86. The van der Waals surface area contributed by atoms with Crippen LogP contribution in [-0.4, -0.2) is 58.9 Å². The van der Waals surface area contributed by atoms with Gasteiger partial charge >= 0.3 is 5.97 Å². The summed E-state index contributed by atoms with van der Waals surface area (Å²) in [6, 6.07) is 13.0. The zero-order valence-electron chi connectivity index (χ0n) is 20.0. The summed E-state index contributed by atoms with van der Waals surface area (Å²) in [5.74, 6) is 0.374. The number of aromatic carboxylic acids is 1. The summed E-state index contributed by atoms with van der Waals surface area (Å²) in [5.41, 5.74) is 2.52.